The minimum Gasteiger partial charge on any atom is -0.326 e. The van der Waals surface area contributed by atoms with Gasteiger partial charge >= 0.3 is 0 Å². The van der Waals surface area contributed by atoms with Crippen LogP contribution in [0.15, 0.2) is 48.5 Å². The number of rotatable bonds is 3. The van der Waals surface area contributed by atoms with Crippen LogP contribution in [0.4, 0.5) is 11.5 Å². The number of nitrogens with zero attached hydrogens (tertiary/aromatic N) is 2. The van der Waals surface area contributed by atoms with Gasteiger partial charge in [-0.25, -0.2) is 0 Å². The Bertz CT molecular complexity index is 968. The fourth-order valence-electron chi connectivity index (χ4n) is 3.05. The molecule has 2 heterocycles. The lowest BCUT2D eigenvalue weighted by Crippen LogP contribution is -2.28. The maximum atomic E-state index is 12.5. The van der Waals surface area contributed by atoms with Gasteiger partial charge in [0.1, 0.15) is 0 Å². The fourth-order valence-corrected chi connectivity index (χ4v) is 3.24. The number of carbonyl (C=O) groups is 2. The molecular formula is C18H15ClN4O2. The van der Waals surface area contributed by atoms with Crippen LogP contribution in [-0.2, 0) is 9.59 Å². The second kappa shape index (κ2) is 6.22. The Morgan fingerprint density at radius 2 is 2.08 bits per heavy atom. The fraction of sp³-hybridized carbons (Fsp3) is 0.167. The summed E-state index contributed by atoms with van der Waals surface area (Å²) in [6.45, 7) is 0.306. The van der Waals surface area contributed by atoms with E-state index in [-0.39, 0.29) is 18.2 Å². The number of nitrogens with one attached hydrogen (secondary N) is 2. The van der Waals surface area contributed by atoms with Crippen molar-refractivity contribution >= 4 is 45.8 Å². The van der Waals surface area contributed by atoms with Crippen molar-refractivity contribution in [3.8, 4) is 0 Å². The topological polar surface area (TPSA) is 78.1 Å². The summed E-state index contributed by atoms with van der Waals surface area (Å²) < 4.78 is 0. The van der Waals surface area contributed by atoms with Crippen LogP contribution in [0.25, 0.3) is 10.9 Å². The second-order valence-corrected chi connectivity index (χ2v) is 6.43. The number of hydrogen-bond acceptors (Lipinski definition) is 3. The van der Waals surface area contributed by atoms with Gasteiger partial charge in [0.25, 0.3) is 0 Å². The lowest BCUT2D eigenvalue weighted by Gasteiger charge is -2.14. The zero-order valence-electron chi connectivity index (χ0n) is 13.2. The van der Waals surface area contributed by atoms with Crippen molar-refractivity contribution in [2.75, 3.05) is 16.8 Å². The molecular weight excluding hydrogens is 340 g/mol. The molecule has 2 amide bonds. The number of halogens is 1. The first-order chi connectivity index (χ1) is 12.1. The first kappa shape index (κ1) is 15.7. The molecule has 3 aromatic rings. The van der Waals surface area contributed by atoms with Gasteiger partial charge in [0, 0.05) is 29.1 Å². The van der Waals surface area contributed by atoms with E-state index in [1.165, 1.54) is 0 Å². The summed E-state index contributed by atoms with van der Waals surface area (Å²) in [5, 5.41) is 11.4. The molecule has 1 atom stereocenters. The first-order valence-corrected chi connectivity index (χ1v) is 8.29. The summed E-state index contributed by atoms with van der Waals surface area (Å²) in [6.07, 6.45) is 0.160. The molecule has 1 aliphatic rings. The summed E-state index contributed by atoms with van der Waals surface area (Å²) in [5.41, 5.74) is 1.48. The molecule has 0 aliphatic carbocycles. The van der Waals surface area contributed by atoms with Gasteiger partial charge in [-0.05, 0) is 30.3 Å². The molecule has 1 fully saturated rings. The third-order valence-corrected chi connectivity index (χ3v) is 4.53. The molecule has 1 saturated heterocycles. The van der Waals surface area contributed by atoms with Crippen molar-refractivity contribution in [1.29, 1.82) is 0 Å². The monoisotopic (exact) mass is 354 g/mol. The van der Waals surface area contributed by atoms with E-state index in [2.05, 4.69) is 15.5 Å². The molecule has 6 nitrogen and oxygen atoms in total. The number of amides is 2. The molecule has 126 valence electrons. The van der Waals surface area contributed by atoms with Crippen LogP contribution in [0.3, 0.4) is 0 Å². The zero-order valence-corrected chi connectivity index (χ0v) is 14.0. The van der Waals surface area contributed by atoms with E-state index in [9.17, 15) is 9.59 Å². The first-order valence-electron chi connectivity index (χ1n) is 7.92. The van der Waals surface area contributed by atoms with Crippen LogP contribution < -0.4 is 10.2 Å². The highest BCUT2D eigenvalue weighted by Gasteiger charge is 2.36. The Labute approximate surface area is 148 Å². The summed E-state index contributed by atoms with van der Waals surface area (Å²) >= 11 is 5.93. The van der Waals surface area contributed by atoms with Crippen LogP contribution in [0, 0.1) is 5.92 Å². The lowest BCUT2D eigenvalue weighted by molar-refractivity contribution is -0.122. The van der Waals surface area contributed by atoms with Crippen LogP contribution >= 0.6 is 11.6 Å². The quantitative estimate of drug-likeness (QED) is 0.758. The number of aromatic nitrogens is 2. The zero-order chi connectivity index (χ0) is 17.4. The van der Waals surface area contributed by atoms with Crippen LogP contribution in [0.1, 0.15) is 6.42 Å². The molecule has 7 heteroatoms. The molecule has 2 aromatic carbocycles. The molecule has 2 N–H and O–H groups in total. The molecule has 1 aromatic heterocycles. The summed E-state index contributed by atoms with van der Waals surface area (Å²) in [7, 11) is 0. The Morgan fingerprint density at radius 1 is 1.24 bits per heavy atom. The van der Waals surface area contributed by atoms with E-state index in [1.807, 2.05) is 24.3 Å². The van der Waals surface area contributed by atoms with Crippen molar-refractivity contribution in [2.45, 2.75) is 6.42 Å². The number of fused-ring (bicyclic) bond motifs is 1. The van der Waals surface area contributed by atoms with E-state index >= 15 is 0 Å². The maximum absolute atomic E-state index is 12.5. The molecule has 0 bridgehead atoms. The van der Waals surface area contributed by atoms with Crippen molar-refractivity contribution in [2.24, 2.45) is 5.92 Å². The molecule has 0 spiro atoms. The molecule has 0 saturated carbocycles. The van der Waals surface area contributed by atoms with Gasteiger partial charge in [-0.15, -0.1) is 0 Å². The number of H-pyrrole nitrogens is 1. The Balaban J connectivity index is 1.53. The molecule has 4 rings (SSSR count). The average Bonchev–Trinajstić information content (AvgIpc) is 3.18. The van der Waals surface area contributed by atoms with Gasteiger partial charge in [0.2, 0.25) is 11.8 Å². The van der Waals surface area contributed by atoms with Crippen molar-refractivity contribution in [3.05, 3.63) is 53.6 Å². The van der Waals surface area contributed by atoms with E-state index < -0.39 is 5.92 Å². The maximum Gasteiger partial charge on any atom is 0.229 e. The van der Waals surface area contributed by atoms with Crippen molar-refractivity contribution in [1.82, 2.24) is 10.2 Å². The third-order valence-electron chi connectivity index (χ3n) is 4.29. The summed E-state index contributed by atoms with van der Waals surface area (Å²) in [4.78, 5) is 26.5. The highest BCUT2D eigenvalue weighted by Crippen LogP contribution is 2.30. The SMILES string of the molecule is O=C(Nc1cccc(Cl)c1)[C@@H]1CC(=O)N(c2n[nH]c3ccccc23)C1. The van der Waals surface area contributed by atoms with Crippen molar-refractivity contribution < 1.29 is 9.59 Å². The predicted octanol–water partition coefficient (Wildman–Crippen LogP) is 3.21. The second-order valence-electron chi connectivity index (χ2n) is 6.00. The van der Waals surface area contributed by atoms with Crippen molar-refractivity contribution in [3.63, 3.8) is 0 Å². The number of benzene rings is 2. The Hall–Kier alpha value is -2.86. The van der Waals surface area contributed by atoms with Crippen LogP contribution in [0.2, 0.25) is 5.02 Å². The lowest BCUT2D eigenvalue weighted by atomic mass is 10.1. The molecule has 25 heavy (non-hydrogen) atoms. The van der Waals surface area contributed by atoms with Gasteiger partial charge in [-0.2, -0.15) is 5.10 Å². The average molecular weight is 355 g/mol. The minimum atomic E-state index is -0.429. The smallest absolute Gasteiger partial charge is 0.229 e. The highest BCUT2D eigenvalue weighted by molar-refractivity contribution is 6.30. The Kier molecular flexibility index (Phi) is 3.89. The van der Waals surface area contributed by atoms with Gasteiger partial charge in [-0.3, -0.25) is 19.6 Å². The largest absolute Gasteiger partial charge is 0.326 e. The minimum absolute atomic E-state index is 0.108. The normalized spacial score (nSPS) is 17.2. The number of anilines is 2. The predicted molar refractivity (Wildman–Crippen MR) is 96.6 cm³/mol. The van der Waals surface area contributed by atoms with Gasteiger partial charge < -0.3 is 5.32 Å². The van der Waals surface area contributed by atoms with Crippen LogP contribution in [0.5, 0.6) is 0 Å². The molecule has 0 radical (unpaired) electrons. The third kappa shape index (κ3) is 2.96. The van der Waals surface area contributed by atoms with E-state index in [0.717, 1.165) is 10.9 Å². The standard InChI is InChI=1S/C18H15ClN4O2/c19-12-4-3-5-13(9-12)20-18(25)11-8-16(24)23(10-11)17-14-6-1-2-7-15(14)21-22-17/h1-7,9,11H,8,10H2,(H,20,25)(H,21,22)/t11-/m1/s1. The molecule has 0 unspecified atom stereocenters. The highest BCUT2D eigenvalue weighted by atomic mass is 35.5. The number of carbonyl (C=O) groups excluding carboxylic acids is 2. The number of aromatic amines is 1. The van der Waals surface area contributed by atoms with E-state index in [0.29, 0.717) is 23.1 Å². The Morgan fingerprint density at radius 3 is 2.92 bits per heavy atom. The summed E-state index contributed by atoms with van der Waals surface area (Å²) in [5.74, 6) is -0.165. The number of para-hydroxylation sites is 1. The van der Waals surface area contributed by atoms with Crippen LogP contribution in [-0.4, -0.2) is 28.6 Å². The van der Waals surface area contributed by atoms with E-state index in [4.69, 9.17) is 11.6 Å². The summed E-state index contributed by atoms with van der Waals surface area (Å²) in [6, 6.07) is 14.5. The van der Waals surface area contributed by atoms with Gasteiger partial charge in [0.15, 0.2) is 5.82 Å². The van der Waals surface area contributed by atoms with E-state index in [1.54, 1.807) is 29.2 Å². The number of hydrogen-bond donors (Lipinski definition) is 2. The molecule has 1 aliphatic heterocycles. The van der Waals surface area contributed by atoms with Gasteiger partial charge in [-0.1, -0.05) is 29.8 Å². The van der Waals surface area contributed by atoms with Gasteiger partial charge in [0.05, 0.1) is 11.4 Å².